The standard InChI is InChI=1S/C8H17N2O2PS.C2H6/c11-14(12,10-6-8(10)7-13)9-4-2-1-3-5-9;1-2/h8H,1-7,13H2;1-2H3/t8-,10?;/m1./s1. The molecule has 2 rings (SSSR count). The molecule has 4 nitrogen and oxygen atoms in total. The first-order chi connectivity index (χ1) is 7.66. The Morgan fingerprint density at radius 1 is 1.19 bits per heavy atom. The smallest absolute Gasteiger partial charge is 0.195 e. The van der Waals surface area contributed by atoms with Crippen LogP contribution in [0, 0.1) is 0 Å². The van der Waals surface area contributed by atoms with Crippen molar-refractivity contribution in [2.75, 3.05) is 25.8 Å². The van der Waals surface area contributed by atoms with Crippen molar-refractivity contribution in [2.45, 2.75) is 39.2 Å². The van der Waals surface area contributed by atoms with Gasteiger partial charge in [-0.3, -0.25) is 0 Å². The van der Waals surface area contributed by atoms with Crippen LogP contribution in [0.5, 0.6) is 0 Å². The molecule has 2 fully saturated rings. The van der Waals surface area contributed by atoms with Gasteiger partial charge in [-0.15, -0.1) is 9.24 Å². The largest absolute Gasteiger partial charge is 0.282 e. The molecule has 6 heteroatoms. The molecule has 0 spiro atoms. The summed E-state index contributed by atoms with van der Waals surface area (Å²) < 4.78 is 27.2. The van der Waals surface area contributed by atoms with Gasteiger partial charge in [0.15, 0.2) is 0 Å². The lowest BCUT2D eigenvalue weighted by Crippen LogP contribution is -2.40. The van der Waals surface area contributed by atoms with Crippen LogP contribution in [0.15, 0.2) is 0 Å². The van der Waals surface area contributed by atoms with E-state index in [9.17, 15) is 8.42 Å². The lowest BCUT2D eigenvalue weighted by Gasteiger charge is -2.26. The number of nitrogens with zero attached hydrogens (tertiary/aromatic N) is 2. The minimum absolute atomic E-state index is 0.243. The molecular formula is C10H23N2O2PS. The van der Waals surface area contributed by atoms with Crippen LogP contribution in [-0.4, -0.2) is 48.9 Å². The Morgan fingerprint density at radius 2 is 1.75 bits per heavy atom. The molecule has 2 heterocycles. The Kier molecular flexibility index (Phi) is 5.65. The lowest BCUT2D eigenvalue weighted by molar-refractivity contribution is 0.333. The Hall–Kier alpha value is 0.300. The molecule has 0 aromatic rings. The molecule has 0 saturated carbocycles. The van der Waals surface area contributed by atoms with Gasteiger partial charge < -0.3 is 0 Å². The molecule has 16 heavy (non-hydrogen) atoms. The van der Waals surface area contributed by atoms with Gasteiger partial charge in [0, 0.05) is 25.7 Å². The second-order valence-electron chi connectivity index (χ2n) is 3.93. The van der Waals surface area contributed by atoms with Gasteiger partial charge in [0.25, 0.3) is 10.2 Å². The number of hydrogen-bond donors (Lipinski definition) is 0. The molecule has 2 aliphatic rings. The molecule has 0 aromatic heterocycles. The summed E-state index contributed by atoms with van der Waals surface area (Å²) in [5, 5.41) is 0. The first kappa shape index (κ1) is 14.4. The molecule has 96 valence electrons. The van der Waals surface area contributed by atoms with Crippen molar-refractivity contribution in [3.63, 3.8) is 0 Å². The van der Waals surface area contributed by atoms with Crippen molar-refractivity contribution in [2.24, 2.45) is 0 Å². The quantitative estimate of drug-likeness (QED) is 0.571. The Bertz CT molecular complexity index is 302. The molecule has 0 bridgehead atoms. The summed E-state index contributed by atoms with van der Waals surface area (Å²) in [6.07, 6.45) is 4.05. The van der Waals surface area contributed by atoms with Crippen molar-refractivity contribution < 1.29 is 8.42 Å². The minimum Gasteiger partial charge on any atom is -0.195 e. The number of piperidine rings is 1. The lowest BCUT2D eigenvalue weighted by atomic mass is 10.2. The number of hydrogen-bond acceptors (Lipinski definition) is 2. The van der Waals surface area contributed by atoms with Crippen molar-refractivity contribution in [3.05, 3.63) is 0 Å². The van der Waals surface area contributed by atoms with Gasteiger partial charge in [0.1, 0.15) is 0 Å². The van der Waals surface area contributed by atoms with Crippen LogP contribution in [-0.2, 0) is 10.2 Å². The fourth-order valence-corrected chi connectivity index (χ4v) is 4.28. The van der Waals surface area contributed by atoms with Crippen molar-refractivity contribution in [1.29, 1.82) is 0 Å². The zero-order valence-electron chi connectivity index (χ0n) is 10.2. The van der Waals surface area contributed by atoms with Crippen LogP contribution < -0.4 is 0 Å². The predicted molar refractivity (Wildman–Crippen MR) is 70.8 cm³/mol. The maximum atomic E-state index is 12.0. The molecule has 2 saturated heterocycles. The summed E-state index contributed by atoms with van der Waals surface area (Å²) in [7, 11) is -0.494. The third-order valence-electron chi connectivity index (χ3n) is 2.87. The molecule has 0 aliphatic carbocycles. The van der Waals surface area contributed by atoms with Gasteiger partial charge in [-0.05, 0) is 19.0 Å². The van der Waals surface area contributed by atoms with Crippen molar-refractivity contribution in [3.8, 4) is 0 Å². The second-order valence-corrected chi connectivity index (χ2v) is 6.28. The third kappa shape index (κ3) is 3.16. The van der Waals surface area contributed by atoms with E-state index in [2.05, 4.69) is 9.24 Å². The predicted octanol–water partition coefficient (Wildman–Crippen LogP) is 1.30. The maximum absolute atomic E-state index is 12.0. The van der Waals surface area contributed by atoms with Crippen LogP contribution in [0.25, 0.3) is 0 Å². The SMILES string of the molecule is CC.O=S(=O)(N1CCCCC1)N1C[C@@H]1CP. The summed E-state index contributed by atoms with van der Waals surface area (Å²) in [4.78, 5) is 0. The van der Waals surface area contributed by atoms with Crippen LogP contribution >= 0.6 is 9.24 Å². The first-order valence-corrected chi connectivity index (χ1v) is 8.34. The monoisotopic (exact) mass is 266 g/mol. The molecule has 0 amide bonds. The van der Waals surface area contributed by atoms with E-state index in [1.165, 1.54) is 6.42 Å². The topological polar surface area (TPSA) is 40.4 Å². The first-order valence-electron chi connectivity index (χ1n) is 6.13. The van der Waals surface area contributed by atoms with E-state index in [0.717, 1.165) is 19.0 Å². The normalized spacial score (nSPS) is 30.4. The number of rotatable bonds is 3. The van der Waals surface area contributed by atoms with Gasteiger partial charge in [0.2, 0.25) is 0 Å². The van der Waals surface area contributed by atoms with Gasteiger partial charge in [-0.1, -0.05) is 20.3 Å². The van der Waals surface area contributed by atoms with E-state index >= 15 is 0 Å². The fraction of sp³-hybridized carbons (Fsp3) is 1.00. The highest BCUT2D eigenvalue weighted by Gasteiger charge is 2.45. The molecule has 0 N–H and O–H groups in total. The third-order valence-corrected chi connectivity index (χ3v) is 5.48. The highest BCUT2D eigenvalue weighted by atomic mass is 32.2. The van der Waals surface area contributed by atoms with Crippen LogP contribution in [0.4, 0.5) is 0 Å². The minimum atomic E-state index is -3.10. The van der Waals surface area contributed by atoms with E-state index in [1.54, 1.807) is 8.61 Å². The molecular weight excluding hydrogens is 243 g/mol. The summed E-state index contributed by atoms with van der Waals surface area (Å²) >= 11 is 0. The molecule has 0 radical (unpaired) electrons. The fourth-order valence-electron chi connectivity index (χ4n) is 1.88. The average molecular weight is 266 g/mol. The summed E-state index contributed by atoms with van der Waals surface area (Å²) in [5.74, 6) is 0. The second kappa shape index (κ2) is 6.29. The van der Waals surface area contributed by atoms with Crippen LogP contribution in [0.2, 0.25) is 0 Å². The van der Waals surface area contributed by atoms with Crippen molar-refractivity contribution in [1.82, 2.24) is 8.61 Å². The summed E-state index contributed by atoms with van der Waals surface area (Å²) in [6, 6.07) is 0.243. The molecule has 0 aromatic carbocycles. The Labute approximate surface area is 102 Å². The van der Waals surface area contributed by atoms with Crippen LogP contribution in [0.3, 0.4) is 0 Å². The Morgan fingerprint density at radius 3 is 2.19 bits per heavy atom. The molecule has 3 atom stereocenters. The van der Waals surface area contributed by atoms with Crippen LogP contribution in [0.1, 0.15) is 33.1 Å². The zero-order valence-corrected chi connectivity index (χ0v) is 12.2. The van der Waals surface area contributed by atoms with Gasteiger partial charge in [-0.2, -0.15) is 17.0 Å². The van der Waals surface area contributed by atoms with E-state index in [1.807, 2.05) is 13.8 Å². The van der Waals surface area contributed by atoms with E-state index in [0.29, 0.717) is 19.6 Å². The van der Waals surface area contributed by atoms with Crippen molar-refractivity contribution >= 4 is 19.4 Å². The maximum Gasteiger partial charge on any atom is 0.282 e. The van der Waals surface area contributed by atoms with E-state index in [4.69, 9.17) is 0 Å². The Balaban J connectivity index is 0.000000606. The summed E-state index contributed by atoms with van der Waals surface area (Å²) in [5.41, 5.74) is 0. The van der Waals surface area contributed by atoms with Gasteiger partial charge in [-0.25, -0.2) is 0 Å². The molecule has 2 unspecified atom stereocenters. The summed E-state index contributed by atoms with van der Waals surface area (Å²) in [6.45, 7) is 6.13. The van der Waals surface area contributed by atoms with Gasteiger partial charge >= 0.3 is 0 Å². The highest BCUT2D eigenvalue weighted by Crippen LogP contribution is 2.28. The van der Waals surface area contributed by atoms with Gasteiger partial charge in [0.05, 0.1) is 0 Å². The molecule has 2 aliphatic heterocycles. The average Bonchev–Trinajstić information content (AvgIpc) is 3.13. The van der Waals surface area contributed by atoms with E-state index < -0.39 is 10.2 Å². The zero-order chi connectivity index (χ0) is 12.2. The van der Waals surface area contributed by atoms with E-state index in [-0.39, 0.29) is 6.04 Å². The highest BCUT2D eigenvalue weighted by molar-refractivity contribution is 7.87.